The van der Waals surface area contributed by atoms with Crippen LogP contribution in [0.25, 0.3) is 0 Å². The highest BCUT2D eigenvalue weighted by molar-refractivity contribution is 6.31. The van der Waals surface area contributed by atoms with Gasteiger partial charge in [-0.2, -0.15) is 0 Å². The Morgan fingerprint density at radius 2 is 1.81 bits per heavy atom. The first-order valence-corrected chi connectivity index (χ1v) is 9.28. The van der Waals surface area contributed by atoms with Gasteiger partial charge in [0.1, 0.15) is 5.56 Å². The monoisotopic (exact) mass is 378 g/mol. The van der Waals surface area contributed by atoms with Crippen molar-refractivity contribution >= 4 is 23.2 Å². The highest BCUT2D eigenvalue weighted by atomic mass is 35.5. The quantitative estimate of drug-likeness (QED) is 0.687. The van der Waals surface area contributed by atoms with Gasteiger partial charge >= 0.3 is 0 Å². The van der Waals surface area contributed by atoms with E-state index in [1.165, 1.54) is 4.57 Å². The lowest BCUT2D eigenvalue weighted by Gasteiger charge is -2.22. The smallest absolute Gasteiger partial charge is 0.264 e. The number of carbonyl (C=O) groups excluding carboxylic acids is 1. The standard InChI is InChI=1S/C22H19ClN2O2/c1-15-13-16-7-3-5-11-20(16)25(15)22(27)18-9-6-12-24(21(18)26)14-17-8-2-4-10-19(17)23/h2-12,15H,13-14H2,1H3. The lowest BCUT2D eigenvalue weighted by Crippen LogP contribution is -2.39. The Bertz CT molecular complexity index is 1070. The fourth-order valence-electron chi connectivity index (χ4n) is 3.64. The number of aromatic nitrogens is 1. The number of fused-ring (bicyclic) bond motifs is 1. The molecule has 0 N–H and O–H groups in total. The van der Waals surface area contributed by atoms with Crippen molar-refractivity contribution in [3.05, 3.63) is 98.9 Å². The lowest BCUT2D eigenvalue weighted by atomic mass is 10.1. The fourth-order valence-corrected chi connectivity index (χ4v) is 3.83. The maximum absolute atomic E-state index is 13.2. The van der Waals surface area contributed by atoms with Gasteiger partial charge in [-0.05, 0) is 48.7 Å². The molecule has 1 amide bonds. The minimum Gasteiger partial charge on any atom is -0.310 e. The van der Waals surface area contributed by atoms with Gasteiger partial charge in [-0.25, -0.2) is 0 Å². The Morgan fingerprint density at radius 3 is 2.63 bits per heavy atom. The molecule has 0 fully saturated rings. The van der Waals surface area contributed by atoms with E-state index >= 15 is 0 Å². The van der Waals surface area contributed by atoms with Gasteiger partial charge in [-0.1, -0.05) is 48.0 Å². The van der Waals surface area contributed by atoms with Gasteiger partial charge in [0.05, 0.1) is 6.54 Å². The first-order valence-electron chi connectivity index (χ1n) is 8.90. The summed E-state index contributed by atoms with van der Waals surface area (Å²) in [7, 11) is 0. The predicted octanol–water partition coefficient (Wildman–Crippen LogP) is 4.14. The van der Waals surface area contributed by atoms with Crippen molar-refractivity contribution in [2.45, 2.75) is 25.9 Å². The number of benzene rings is 2. The van der Waals surface area contributed by atoms with Crippen LogP contribution in [0.3, 0.4) is 0 Å². The Hall–Kier alpha value is -2.85. The molecule has 4 rings (SSSR count). The number of amides is 1. The van der Waals surface area contributed by atoms with Crippen LogP contribution in [0.2, 0.25) is 5.02 Å². The summed E-state index contributed by atoms with van der Waals surface area (Å²) < 4.78 is 1.53. The third kappa shape index (κ3) is 3.17. The molecule has 2 heterocycles. The third-order valence-corrected chi connectivity index (χ3v) is 5.34. The topological polar surface area (TPSA) is 42.3 Å². The summed E-state index contributed by atoms with van der Waals surface area (Å²) >= 11 is 6.22. The van der Waals surface area contributed by atoms with Gasteiger partial charge in [-0.3, -0.25) is 9.59 Å². The number of rotatable bonds is 3. The average Bonchev–Trinajstić information content (AvgIpc) is 3.00. The number of halogens is 1. The van der Waals surface area contributed by atoms with E-state index in [4.69, 9.17) is 11.6 Å². The van der Waals surface area contributed by atoms with E-state index in [2.05, 4.69) is 0 Å². The molecule has 1 aliphatic heterocycles. The normalized spacial score (nSPS) is 15.6. The summed E-state index contributed by atoms with van der Waals surface area (Å²) in [5.74, 6) is -0.258. The number of pyridine rings is 1. The summed E-state index contributed by atoms with van der Waals surface area (Å²) in [6, 6.07) is 18.6. The summed E-state index contributed by atoms with van der Waals surface area (Å²) in [6.45, 7) is 2.33. The summed E-state index contributed by atoms with van der Waals surface area (Å²) in [4.78, 5) is 27.9. The van der Waals surface area contributed by atoms with Gasteiger partial charge in [0.25, 0.3) is 11.5 Å². The Balaban J connectivity index is 1.70. The van der Waals surface area contributed by atoms with Crippen molar-refractivity contribution in [1.82, 2.24) is 4.57 Å². The maximum atomic E-state index is 13.2. The minimum atomic E-state index is -0.306. The van der Waals surface area contributed by atoms with E-state index in [1.54, 1.807) is 29.3 Å². The third-order valence-electron chi connectivity index (χ3n) is 4.98. The Kier molecular flexibility index (Phi) is 4.58. The van der Waals surface area contributed by atoms with Gasteiger partial charge in [0.2, 0.25) is 0 Å². The van der Waals surface area contributed by atoms with Crippen LogP contribution in [-0.2, 0) is 13.0 Å². The van der Waals surface area contributed by atoms with Crippen molar-refractivity contribution in [3.63, 3.8) is 0 Å². The highest BCUT2D eigenvalue weighted by Crippen LogP contribution is 2.32. The van der Waals surface area contributed by atoms with E-state index in [-0.39, 0.29) is 23.1 Å². The van der Waals surface area contributed by atoms with Crippen molar-refractivity contribution in [1.29, 1.82) is 0 Å². The molecule has 0 bridgehead atoms. The van der Waals surface area contributed by atoms with Gasteiger partial charge in [0.15, 0.2) is 0 Å². The summed E-state index contributed by atoms with van der Waals surface area (Å²) in [5, 5.41) is 0.600. The number of nitrogens with zero attached hydrogens (tertiary/aromatic N) is 2. The molecule has 2 aromatic carbocycles. The average molecular weight is 379 g/mol. The summed E-state index contributed by atoms with van der Waals surface area (Å²) in [6.07, 6.45) is 2.48. The Labute approximate surface area is 162 Å². The number of hydrogen-bond acceptors (Lipinski definition) is 2. The number of anilines is 1. The maximum Gasteiger partial charge on any atom is 0.264 e. The van der Waals surface area contributed by atoms with Crippen LogP contribution in [0.15, 0.2) is 71.7 Å². The molecule has 4 nitrogen and oxygen atoms in total. The molecule has 136 valence electrons. The molecule has 0 saturated carbocycles. The lowest BCUT2D eigenvalue weighted by molar-refractivity contribution is 0.0979. The second-order valence-electron chi connectivity index (χ2n) is 6.80. The molecule has 0 saturated heterocycles. The molecule has 1 aromatic heterocycles. The number of hydrogen-bond donors (Lipinski definition) is 0. The van der Waals surface area contributed by atoms with Crippen molar-refractivity contribution < 1.29 is 4.79 Å². The van der Waals surface area contributed by atoms with Gasteiger partial charge in [0, 0.05) is 22.9 Å². The van der Waals surface area contributed by atoms with Crippen molar-refractivity contribution in [2.75, 3.05) is 4.90 Å². The zero-order valence-electron chi connectivity index (χ0n) is 14.9. The second kappa shape index (κ2) is 7.05. The second-order valence-corrected chi connectivity index (χ2v) is 7.21. The first-order chi connectivity index (χ1) is 13.1. The van der Waals surface area contributed by atoms with Crippen LogP contribution in [-0.4, -0.2) is 16.5 Å². The van der Waals surface area contributed by atoms with E-state index in [1.807, 2.05) is 49.4 Å². The predicted molar refractivity (Wildman–Crippen MR) is 108 cm³/mol. The van der Waals surface area contributed by atoms with Gasteiger partial charge in [-0.15, -0.1) is 0 Å². The van der Waals surface area contributed by atoms with E-state index in [0.29, 0.717) is 11.6 Å². The molecule has 5 heteroatoms. The highest BCUT2D eigenvalue weighted by Gasteiger charge is 2.32. The van der Waals surface area contributed by atoms with Crippen LogP contribution in [0.5, 0.6) is 0 Å². The number of carbonyl (C=O) groups is 1. The first kappa shape index (κ1) is 17.6. The fraction of sp³-hybridized carbons (Fsp3) is 0.182. The zero-order valence-corrected chi connectivity index (χ0v) is 15.7. The van der Waals surface area contributed by atoms with Crippen molar-refractivity contribution in [2.24, 2.45) is 0 Å². The molecule has 0 radical (unpaired) electrons. The molecule has 27 heavy (non-hydrogen) atoms. The minimum absolute atomic E-state index is 0.0199. The van der Waals surface area contributed by atoms with Crippen molar-refractivity contribution in [3.8, 4) is 0 Å². The van der Waals surface area contributed by atoms with Crippen LogP contribution >= 0.6 is 11.6 Å². The van der Waals surface area contributed by atoms with Crippen LogP contribution in [0.4, 0.5) is 5.69 Å². The van der Waals surface area contributed by atoms with E-state index in [0.717, 1.165) is 23.2 Å². The largest absolute Gasteiger partial charge is 0.310 e. The summed E-state index contributed by atoms with van der Waals surface area (Å²) in [5.41, 5.74) is 2.72. The van der Waals surface area contributed by atoms with Gasteiger partial charge < -0.3 is 9.47 Å². The van der Waals surface area contributed by atoms with Crippen LogP contribution in [0, 0.1) is 0 Å². The van der Waals surface area contributed by atoms with Crippen LogP contribution in [0.1, 0.15) is 28.4 Å². The van der Waals surface area contributed by atoms with E-state index in [9.17, 15) is 9.59 Å². The molecule has 0 spiro atoms. The molecule has 1 unspecified atom stereocenters. The Morgan fingerprint density at radius 1 is 1.07 bits per heavy atom. The molecule has 3 aromatic rings. The zero-order chi connectivity index (χ0) is 19.0. The molecular weight excluding hydrogens is 360 g/mol. The van der Waals surface area contributed by atoms with E-state index < -0.39 is 0 Å². The SMILES string of the molecule is CC1Cc2ccccc2N1C(=O)c1cccn(Cc2ccccc2Cl)c1=O. The van der Waals surface area contributed by atoms with Crippen LogP contribution < -0.4 is 10.5 Å². The number of para-hydroxylation sites is 1. The molecule has 1 atom stereocenters. The molecular formula is C22H19ClN2O2. The molecule has 0 aliphatic carbocycles. The molecule has 1 aliphatic rings.